The van der Waals surface area contributed by atoms with E-state index in [0.29, 0.717) is 17.4 Å². The second-order valence-electron chi connectivity index (χ2n) is 5.58. The molecule has 1 amide bonds. The topological polar surface area (TPSA) is 32.3 Å². The van der Waals surface area contributed by atoms with Crippen LogP contribution in [0.2, 0.25) is 5.02 Å². The van der Waals surface area contributed by atoms with Crippen LogP contribution in [-0.2, 0) is 11.2 Å². The van der Waals surface area contributed by atoms with Gasteiger partial charge < -0.3 is 10.2 Å². The van der Waals surface area contributed by atoms with Gasteiger partial charge in [0.05, 0.1) is 6.42 Å². The van der Waals surface area contributed by atoms with Crippen molar-refractivity contribution in [2.24, 2.45) is 11.8 Å². The van der Waals surface area contributed by atoms with Crippen molar-refractivity contribution in [1.82, 2.24) is 10.2 Å². The van der Waals surface area contributed by atoms with E-state index in [1.807, 2.05) is 29.2 Å². The van der Waals surface area contributed by atoms with Gasteiger partial charge in [0.1, 0.15) is 0 Å². The molecule has 0 aromatic heterocycles. The molecule has 0 saturated carbocycles. The Kier molecular flexibility index (Phi) is 3.76. The SMILES string of the molecule is O=C(Cc1ccccc1Cl)N1CCC2CNCC2C1. The Morgan fingerprint density at radius 3 is 2.95 bits per heavy atom. The van der Waals surface area contributed by atoms with Gasteiger partial charge in [-0.05, 0) is 43.0 Å². The molecule has 4 heteroatoms. The largest absolute Gasteiger partial charge is 0.342 e. The van der Waals surface area contributed by atoms with Crippen molar-refractivity contribution in [2.75, 3.05) is 26.2 Å². The van der Waals surface area contributed by atoms with E-state index in [0.717, 1.165) is 44.1 Å². The molecule has 0 bridgehead atoms. The lowest BCUT2D eigenvalue weighted by Crippen LogP contribution is -2.44. The van der Waals surface area contributed by atoms with E-state index in [2.05, 4.69) is 5.32 Å². The number of halogens is 1. The Morgan fingerprint density at radius 2 is 2.11 bits per heavy atom. The predicted octanol–water partition coefficient (Wildman–Crippen LogP) is 1.95. The molecular weight excluding hydrogens is 260 g/mol. The lowest BCUT2D eigenvalue weighted by Gasteiger charge is -2.34. The van der Waals surface area contributed by atoms with E-state index < -0.39 is 0 Å². The molecule has 2 saturated heterocycles. The Balaban J connectivity index is 1.63. The average molecular weight is 279 g/mol. The number of likely N-dealkylation sites (tertiary alicyclic amines) is 1. The molecule has 2 aliphatic heterocycles. The molecular formula is C15H19ClN2O. The summed E-state index contributed by atoms with van der Waals surface area (Å²) in [7, 11) is 0. The highest BCUT2D eigenvalue weighted by Crippen LogP contribution is 2.27. The normalized spacial score (nSPS) is 26.3. The number of benzene rings is 1. The molecule has 0 spiro atoms. The minimum absolute atomic E-state index is 0.207. The molecule has 2 atom stereocenters. The molecule has 0 aliphatic carbocycles. The van der Waals surface area contributed by atoms with Gasteiger partial charge >= 0.3 is 0 Å². The van der Waals surface area contributed by atoms with Gasteiger partial charge in [-0.2, -0.15) is 0 Å². The summed E-state index contributed by atoms with van der Waals surface area (Å²) in [5.41, 5.74) is 0.931. The number of nitrogens with zero attached hydrogens (tertiary/aromatic N) is 1. The molecule has 102 valence electrons. The summed E-state index contributed by atoms with van der Waals surface area (Å²) in [6.07, 6.45) is 1.55. The maximum Gasteiger partial charge on any atom is 0.227 e. The Hall–Kier alpha value is -1.06. The molecule has 3 rings (SSSR count). The Labute approximate surface area is 118 Å². The van der Waals surface area contributed by atoms with Gasteiger partial charge in [0.15, 0.2) is 0 Å². The number of carbonyl (C=O) groups excluding carboxylic acids is 1. The molecule has 2 aliphatic rings. The highest BCUT2D eigenvalue weighted by Gasteiger charge is 2.34. The van der Waals surface area contributed by atoms with Gasteiger partial charge in [0.25, 0.3) is 0 Å². The van der Waals surface area contributed by atoms with Crippen LogP contribution in [0.15, 0.2) is 24.3 Å². The van der Waals surface area contributed by atoms with Gasteiger partial charge in [-0.15, -0.1) is 0 Å². The van der Waals surface area contributed by atoms with Crippen LogP contribution in [0.25, 0.3) is 0 Å². The van der Waals surface area contributed by atoms with Crippen molar-refractivity contribution < 1.29 is 4.79 Å². The summed E-state index contributed by atoms with van der Waals surface area (Å²) >= 11 is 6.12. The summed E-state index contributed by atoms with van der Waals surface area (Å²) in [6.45, 7) is 3.98. The third-order valence-corrected chi connectivity index (χ3v) is 4.73. The first-order valence-corrected chi connectivity index (χ1v) is 7.34. The summed E-state index contributed by atoms with van der Waals surface area (Å²) in [5, 5.41) is 4.11. The fourth-order valence-corrected chi connectivity index (χ4v) is 3.38. The van der Waals surface area contributed by atoms with Gasteiger partial charge in [0, 0.05) is 18.1 Å². The predicted molar refractivity (Wildman–Crippen MR) is 76.2 cm³/mol. The van der Waals surface area contributed by atoms with Crippen LogP contribution in [-0.4, -0.2) is 37.0 Å². The average Bonchev–Trinajstić information content (AvgIpc) is 2.88. The maximum absolute atomic E-state index is 12.4. The number of piperidine rings is 1. The number of nitrogens with one attached hydrogen (secondary N) is 1. The first kappa shape index (κ1) is 12.9. The van der Waals surface area contributed by atoms with Crippen LogP contribution < -0.4 is 5.32 Å². The third-order valence-electron chi connectivity index (χ3n) is 4.36. The smallest absolute Gasteiger partial charge is 0.227 e. The minimum Gasteiger partial charge on any atom is -0.342 e. The summed E-state index contributed by atoms with van der Waals surface area (Å²) in [5.74, 6) is 1.62. The van der Waals surface area contributed by atoms with E-state index in [1.165, 1.54) is 0 Å². The van der Waals surface area contributed by atoms with Crippen molar-refractivity contribution in [2.45, 2.75) is 12.8 Å². The number of hydrogen-bond donors (Lipinski definition) is 1. The molecule has 2 heterocycles. The van der Waals surface area contributed by atoms with E-state index in [-0.39, 0.29) is 5.91 Å². The highest BCUT2D eigenvalue weighted by molar-refractivity contribution is 6.31. The molecule has 1 aromatic rings. The Bertz CT molecular complexity index is 477. The standard InChI is InChI=1S/C15H19ClN2O/c16-14-4-2-1-3-11(14)7-15(19)18-6-5-12-8-17-9-13(12)10-18/h1-4,12-13,17H,5-10H2. The number of rotatable bonds is 2. The zero-order valence-corrected chi connectivity index (χ0v) is 11.7. The van der Waals surface area contributed by atoms with Crippen molar-refractivity contribution in [3.63, 3.8) is 0 Å². The third kappa shape index (κ3) is 2.77. The van der Waals surface area contributed by atoms with Gasteiger partial charge in [-0.3, -0.25) is 4.79 Å². The molecule has 19 heavy (non-hydrogen) atoms. The highest BCUT2D eigenvalue weighted by atomic mass is 35.5. The van der Waals surface area contributed by atoms with Gasteiger partial charge in [-0.1, -0.05) is 29.8 Å². The zero-order chi connectivity index (χ0) is 13.2. The monoisotopic (exact) mass is 278 g/mol. The van der Waals surface area contributed by atoms with Crippen LogP contribution >= 0.6 is 11.6 Å². The number of fused-ring (bicyclic) bond motifs is 1. The van der Waals surface area contributed by atoms with Gasteiger partial charge in [-0.25, -0.2) is 0 Å². The second kappa shape index (κ2) is 5.51. The van der Waals surface area contributed by atoms with Gasteiger partial charge in [0.2, 0.25) is 5.91 Å². The molecule has 2 fully saturated rings. The Morgan fingerprint density at radius 1 is 1.32 bits per heavy atom. The summed E-state index contributed by atoms with van der Waals surface area (Å²) < 4.78 is 0. The van der Waals surface area contributed by atoms with Crippen molar-refractivity contribution >= 4 is 17.5 Å². The van der Waals surface area contributed by atoms with Crippen molar-refractivity contribution in [1.29, 1.82) is 0 Å². The van der Waals surface area contributed by atoms with Crippen LogP contribution in [0, 0.1) is 11.8 Å². The molecule has 3 nitrogen and oxygen atoms in total. The van der Waals surface area contributed by atoms with Crippen molar-refractivity contribution in [3.8, 4) is 0 Å². The molecule has 1 N–H and O–H groups in total. The maximum atomic E-state index is 12.4. The van der Waals surface area contributed by atoms with E-state index in [9.17, 15) is 4.79 Å². The van der Waals surface area contributed by atoms with Crippen LogP contribution in [0.1, 0.15) is 12.0 Å². The first-order valence-electron chi connectivity index (χ1n) is 6.96. The summed E-state index contributed by atoms with van der Waals surface area (Å²) in [4.78, 5) is 14.4. The van der Waals surface area contributed by atoms with Crippen LogP contribution in [0.3, 0.4) is 0 Å². The summed E-state index contributed by atoms with van der Waals surface area (Å²) in [6, 6.07) is 7.61. The first-order chi connectivity index (χ1) is 9.24. The molecule has 1 aromatic carbocycles. The quantitative estimate of drug-likeness (QED) is 0.897. The number of carbonyl (C=O) groups is 1. The fraction of sp³-hybridized carbons (Fsp3) is 0.533. The van der Waals surface area contributed by atoms with E-state index in [1.54, 1.807) is 0 Å². The second-order valence-corrected chi connectivity index (χ2v) is 5.98. The zero-order valence-electron chi connectivity index (χ0n) is 10.9. The molecule has 2 unspecified atom stereocenters. The van der Waals surface area contributed by atoms with E-state index >= 15 is 0 Å². The van der Waals surface area contributed by atoms with E-state index in [4.69, 9.17) is 11.6 Å². The lowest BCUT2D eigenvalue weighted by atomic mass is 9.88. The van der Waals surface area contributed by atoms with Crippen LogP contribution in [0.5, 0.6) is 0 Å². The number of hydrogen-bond acceptors (Lipinski definition) is 2. The fourth-order valence-electron chi connectivity index (χ4n) is 3.18. The lowest BCUT2D eigenvalue weighted by molar-refractivity contribution is -0.132. The van der Waals surface area contributed by atoms with Crippen LogP contribution in [0.4, 0.5) is 0 Å². The minimum atomic E-state index is 0.207. The molecule has 0 radical (unpaired) electrons. The van der Waals surface area contributed by atoms with Crippen molar-refractivity contribution in [3.05, 3.63) is 34.9 Å². The number of amides is 1.